The summed E-state index contributed by atoms with van der Waals surface area (Å²) in [6.45, 7) is 2.24. The van der Waals surface area contributed by atoms with Gasteiger partial charge in [-0.25, -0.2) is 4.68 Å². The van der Waals surface area contributed by atoms with Gasteiger partial charge in [-0.05, 0) is 42.7 Å². The van der Waals surface area contributed by atoms with E-state index in [-0.39, 0.29) is 37.2 Å². The first-order valence-electron chi connectivity index (χ1n) is 10.6. The molecule has 33 heavy (non-hydrogen) atoms. The first kappa shape index (κ1) is 21.3. The average Bonchev–Trinajstić information content (AvgIpc) is 3.22. The highest BCUT2D eigenvalue weighted by Crippen LogP contribution is 2.32. The lowest BCUT2D eigenvalue weighted by atomic mass is 9.97. The number of benzene rings is 1. The Kier molecular flexibility index (Phi) is 5.22. The molecule has 2 aliphatic heterocycles. The Labute approximate surface area is 187 Å². The molecule has 2 atom stereocenters. The lowest BCUT2D eigenvalue weighted by molar-refractivity contribution is -0.203. The number of aryl methyl sites for hydroxylation is 2. The summed E-state index contributed by atoms with van der Waals surface area (Å²) >= 11 is 0. The van der Waals surface area contributed by atoms with E-state index < -0.39 is 18.2 Å². The zero-order valence-electron chi connectivity index (χ0n) is 17.7. The summed E-state index contributed by atoms with van der Waals surface area (Å²) in [6, 6.07) is 10.8. The number of hydrogen-bond donors (Lipinski definition) is 1. The van der Waals surface area contributed by atoms with Crippen molar-refractivity contribution in [3.8, 4) is 22.8 Å². The quantitative estimate of drug-likeness (QED) is 0.648. The standard InChI is InChI=1S/C23H21F3N4O3/c1-13-2-3-15(11-27-13)14-4-5-19-16(8-14)9-17(12-32-19)28-22(31)18-10-21-30(29-18)7-6-20(33-21)23(24,25)26/h2-5,8,10-11,17,20H,6-7,9,12H2,1H3,(H,28,31)/t17-,20?/m1/s1. The molecule has 0 saturated carbocycles. The molecule has 10 heteroatoms. The maximum atomic E-state index is 12.9. The molecular formula is C23H21F3N4O3. The summed E-state index contributed by atoms with van der Waals surface area (Å²) in [4.78, 5) is 17.0. The van der Waals surface area contributed by atoms with E-state index in [1.807, 2.05) is 43.5 Å². The number of alkyl halides is 3. The van der Waals surface area contributed by atoms with Crippen LogP contribution in [0.3, 0.4) is 0 Å². The summed E-state index contributed by atoms with van der Waals surface area (Å²) in [7, 11) is 0. The van der Waals surface area contributed by atoms with E-state index in [1.54, 1.807) is 0 Å². The first-order valence-corrected chi connectivity index (χ1v) is 10.6. The van der Waals surface area contributed by atoms with Crippen LogP contribution in [0.4, 0.5) is 13.2 Å². The fraction of sp³-hybridized carbons (Fsp3) is 0.348. The van der Waals surface area contributed by atoms with Gasteiger partial charge < -0.3 is 14.8 Å². The van der Waals surface area contributed by atoms with Gasteiger partial charge in [0.2, 0.25) is 5.88 Å². The third kappa shape index (κ3) is 4.37. The number of carbonyl (C=O) groups is 1. The van der Waals surface area contributed by atoms with E-state index >= 15 is 0 Å². The molecule has 0 fully saturated rings. The minimum Gasteiger partial charge on any atom is -0.491 e. The highest BCUT2D eigenvalue weighted by atomic mass is 19.4. The van der Waals surface area contributed by atoms with Gasteiger partial charge in [0.1, 0.15) is 12.4 Å². The van der Waals surface area contributed by atoms with E-state index in [2.05, 4.69) is 15.4 Å². The number of ether oxygens (including phenoxy) is 2. The van der Waals surface area contributed by atoms with Crippen LogP contribution in [0.5, 0.6) is 11.6 Å². The molecular weight excluding hydrogens is 437 g/mol. The van der Waals surface area contributed by atoms with Crippen molar-refractivity contribution in [2.75, 3.05) is 6.61 Å². The molecule has 2 aliphatic rings. The molecule has 0 saturated heterocycles. The zero-order chi connectivity index (χ0) is 23.2. The van der Waals surface area contributed by atoms with Gasteiger partial charge in [0.15, 0.2) is 11.8 Å². The van der Waals surface area contributed by atoms with E-state index in [9.17, 15) is 18.0 Å². The third-order valence-corrected chi connectivity index (χ3v) is 5.75. The molecule has 2 aromatic heterocycles. The fourth-order valence-corrected chi connectivity index (χ4v) is 4.01. The van der Waals surface area contributed by atoms with Crippen molar-refractivity contribution in [3.05, 3.63) is 59.5 Å². The minimum absolute atomic E-state index is 0.0121. The number of amides is 1. The summed E-state index contributed by atoms with van der Waals surface area (Å²) in [6.07, 6.45) is -4.23. The number of rotatable bonds is 3. The number of pyridine rings is 1. The zero-order valence-corrected chi connectivity index (χ0v) is 17.7. The maximum absolute atomic E-state index is 12.9. The Balaban J connectivity index is 1.27. The number of carbonyl (C=O) groups excluding carboxylic acids is 1. The van der Waals surface area contributed by atoms with Crippen molar-refractivity contribution in [2.24, 2.45) is 0 Å². The number of hydrogen-bond acceptors (Lipinski definition) is 5. The topological polar surface area (TPSA) is 78.3 Å². The monoisotopic (exact) mass is 458 g/mol. The van der Waals surface area contributed by atoms with Gasteiger partial charge in [-0.2, -0.15) is 18.3 Å². The van der Waals surface area contributed by atoms with Gasteiger partial charge in [0.25, 0.3) is 5.91 Å². The molecule has 0 radical (unpaired) electrons. The Hall–Kier alpha value is -3.56. The second-order valence-corrected chi connectivity index (χ2v) is 8.22. The Morgan fingerprint density at radius 3 is 2.76 bits per heavy atom. The maximum Gasteiger partial charge on any atom is 0.425 e. The molecule has 5 rings (SSSR count). The van der Waals surface area contributed by atoms with Crippen LogP contribution in [0.1, 0.15) is 28.2 Å². The molecule has 1 N–H and O–H groups in total. The smallest absolute Gasteiger partial charge is 0.425 e. The number of nitrogens with one attached hydrogen (secondary N) is 1. The molecule has 4 heterocycles. The van der Waals surface area contributed by atoms with Gasteiger partial charge in [-0.3, -0.25) is 9.78 Å². The molecule has 7 nitrogen and oxygen atoms in total. The SMILES string of the molecule is Cc1ccc(-c2ccc3c(c2)C[C@@H](NC(=O)c2cc4n(n2)CCC(C(F)(F)F)O4)CO3)cn1. The summed E-state index contributed by atoms with van der Waals surface area (Å²) < 4.78 is 50.9. The molecule has 1 aromatic carbocycles. The van der Waals surface area contributed by atoms with Crippen LogP contribution >= 0.6 is 0 Å². The number of aromatic nitrogens is 3. The predicted molar refractivity (Wildman–Crippen MR) is 112 cm³/mol. The summed E-state index contributed by atoms with van der Waals surface area (Å²) in [5.41, 5.74) is 3.87. The first-order chi connectivity index (χ1) is 15.8. The summed E-state index contributed by atoms with van der Waals surface area (Å²) in [5.74, 6) is 0.212. The highest BCUT2D eigenvalue weighted by Gasteiger charge is 2.44. The lowest BCUT2D eigenvalue weighted by Gasteiger charge is -2.26. The van der Waals surface area contributed by atoms with Gasteiger partial charge in [0, 0.05) is 36.5 Å². The molecule has 3 aromatic rings. The van der Waals surface area contributed by atoms with Crippen LogP contribution in [0.15, 0.2) is 42.6 Å². The van der Waals surface area contributed by atoms with Gasteiger partial charge in [-0.15, -0.1) is 0 Å². The van der Waals surface area contributed by atoms with E-state index in [0.29, 0.717) is 6.42 Å². The Morgan fingerprint density at radius 1 is 1.18 bits per heavy atom. The van der Waals surface area contributed by atoms with E-state index in [1.165, 1.54) is 10.7 Å². The van der Waals surface area contributed by atoms with Crippen molar-refractivity contribution >= 4 is 5.91 Å². The van der Waals surface area contributed by atoms with Gasteiger partial charge in [-0.1, -0.05) is 12.1 Å². The second-order valence-electron chi connectivity index (χ2n) is 8.22. The van der Waals surface area contributed by atoms with Crippen molar-refractivity contribution in [1.82, 2.24) is 20.1 Å². The molecule has 172 valence electrons. The van der Waals surface area contributed by atoms with Gasteiger partial charge >= 0.3 is 6.18 Å². The fourth-order valence-electron chi connectivity index (χ4n) is 4.01. The van der Waals surface area contributed by atoms with Crippen LogP contribution in [-0.2, 0) is 13.0 Å². The normalized spacial score (nSPS) is 19.6. The molecule has 1 unspecified atom stereocenters. The van der Waals surface area contributed by atoms with Crippen LogP contribution in [0.2, 0.25) is 0 Å². The van der Waals surface area contributed by atoms with Crippen molar-refractivity contribution in [1.29, 1.82) is 0 Å². The van der Waals surface area contributed by atoms with Crippen molar-refractivity contribution in [2.45, 2.75) is 44.6 Å². The van der Waals surface area contributed by atoms with E-state index in [4.69, 9.17) is 9.47 Å². The molecule has 1 amide bonds. The number of fused-ring (bicyclic) bond motifs is 2. The van der Waals surface area contributed by atoms with Gasteiger partial charge in [0.05, 0.1) is 6.04 Å². The molecule has 0 spiro atoms. The summed E-state index contributed by atoms with van der Waals surface area (Å²) in [5, 5.41) is 6.97. The van der Waals surface area contributed by atoms with Crippen LogP contribution in [0, 0.1) is 6.92 Å². The average molecular weight is 458 g/mol. The van der Waals surface area contributed by atoms with Crippen molar-refractivity contribution in [3.63, 3.8) is 0 Å². The predicted octanol–water partition coefficient (Wildman–Crippen LogP) is 3.70. The molecule has 0 aliphatic carbocycles. The Bertz CT molecular complexity index is 1190. The number of halogens is 3. The van der Waals surface area contributed by atoms with Crippen LogP contribution < -0.4 is 14.8 Å². The van der Waals surface area contributed by atoms with Crippen molar-refractivity contribution < 1.29 is 27.4 Å². The largest absolute Gasteiger partial charge is 0.491 e. The molecule has 0 bridgehead atoms. The van der Waals surface area contributed by atoms with Crippen LogP contribution in [-0.4, -0.2) is 45.6 Å². The van der Waals surface area contributed by atoms with Crippen LogP contribution in [0.25, 0.3) is 11.1 Å². The second kappa shape index (κ2) is 8.09. The Morgan fingerprint density at radius 2 is 2.00 bits per heavy atom. The minimum atomic E-state index is -4.46. The highest BCUT2D eigenvalue weighted by molar-refractivity contribution is 5.92. The third-order valence-electron chi connectivity index (χ3n) is 5.75. The lowest BCUT2D eigenvalue weighted by Crippen LogP contribution is -2.42. The van der Waals surface area contributed by atoms with E-state index in [0.717, 1.165) is 28.1 Å². The number of nitrogens with zero attached hydrogens (tertiary/aromatic N) is 3.